The zero-order valence-electron chi connectivity index (χ0n) is 13.0. The maximum Gasteiger partial charge on any atom is 0.253 e. The molecule has 2 rings (SSSR count). The number of aliphatic hydroxyl groups is 1. The molecule has 1 amide bonds. The molecule has 1 aromatic carbocycles. The number of nitrogens with zero attached hydrogens (tertiary/aromatic N) is 2. The third-order valence-corrected chi connectivity index (χ3v) is 4.00. The van der Waals surface area contributed by atoms with E-state index in [0.29, 0.717) is 5.56 Å². The van der Waals surface area contributed by atoms with Crippen molar-refractivity contribution in [3.63, 3.8) is 0 Å². The number of carbonyl (C=O) groups excluding carboxylic acids is 1. The third kappa shape index (κ3) is 3.81. The first kappa shape index (κ1) is 15.9. The Balaban J connectivity index is 2.09. The average Bonchev–Trinajstić information content (AvgIpc) is 2.88. The molecule has 0 spiro atoms. The first-order valence-electron chi connectivity index (χ1n) is 7.23. The van der Waals surface area contributed by atoms with Crippen molar-refractivity contribution >= 4 is 5.91 Å². The highest BCUT2D eigenvalue weighted by molar-refractivity contribution is 5.94. The summed E-state index contributed by atoms with van der Waals surface area (Å²) in [5, 5.41) is 9.49. The number of rotatable bonds is 5. The molecule has 0 bridgehead atoms. The first-order chi connectivity index (χ1) is 10.0. The number of amides is 1. The van der Waals surface area contributed by atoms with E-state index in [9.17, 15) is 9.90 Å². The molecular formula is C16H24N2O3. The summed E-state index contributed by atoms with van der Waals surface area (Å²) in [6, 6.07) is 7.81. The number of hydrogen-bond donors (Lipinski definition) is 1. The van der Waals surface area contributed by atoms with E-state index in [1.165, 1.54) is 0 Å². The molecule has 0 unspecified atom stereocenters. The molecular weight excluding hydrogens is 268 g/mol. The summed E-state index contributed by atoms with van der Waals surface area (Å²) in [6.07, 6.45) is 1.03. The summed E-state index contributed by atoms with van der Waals surface area (Å²) < 4.78 is 5.39. The third-order valence-electron chi connectivity index (χ3n) is 4.00. The molecule has 1 aromatic rings. The van der Waals surface area contributed by atoms with Crippen molar-refractivity contribution in [2.75, 3.05) is 34.4 Å². The summed E-state index contributed by atoms with van der Waals surface area (Å²) in [5.74, 6) is 0.00625. The Morgan fingerprint density at radius 1 is 1.48 bits per heavy atom. The van der Waals surface area contributed by atoms with Gasteiger partial charge in [0.2, 0.25) is 0 Å². The predicted octanol–water partition coefficient (Wildman–Crippen LogP) is 0.970. The Morgan fingerprint density at radius 3 is 2.86 bits per heavy atom. The fraction of sp³-hybridized carbons (Fsp3) is 0.562. The van der Waals surface area contributed by atoms with Gasteiger partial charge in [-0.15, -0.1) is 0 Å². The maximum absolute atomic E-state index is 12.0. The highest BCUT2D eigenvalue weighted by atomic mass is 16.5. The van der Waals surface area contributed by atoms with Crippen molar-refractivity contribution < 1.29 is 14.6 Å². The zero-order chi connectivity index (χ0) is 15.4. The molecule has 1 aliphatic rings. The fourth-order valence-electron chi connectivity index (χ4n) is 2.79. The van der Waals surface area contributed by atoms with Crippen molar-refractivity contribution in [3.05, 3.63) is 35.4 Å². The molecule has 5 nitrogen and oxygen atoms in total. The highest BCUT2D eigenvalue weighted by Gasteiger charge is 2.31. The molecule has 21 heavy (non-hydrogen) atoms. The lowest BCUT2D eigenvalue weighted by Crippen LogP contribution is -2.32. The van der Waals surface area contributed by atoms with Crippen LogP contribution in [0.3, 0.4) is 0 Å². The quantitative estimate of drug-likeness (QED) is 0.878. The van der Waals surface area contributed by atoms with E-state index >= 15 is 0 Å². The minimum atomic E-state index is 0.00625. The second-order valence-corrected chi connectivity index (χ2v) is 5.76. The van der Waals surface area contributed by atoms with Crippen LogP contribution in [-0.4, -0.2) is 67.3 Å². The molecule has 116 valence electrons. The molecule has 5 heteroatoms. The van der Waals surface area contributed by atoms with Gasteiger partial charge in [-0.05, 0) is 24.1 Å². The van der Waals surface area contributed by atoms with Crippen LogP contribution >= 0.6 is 0 Å². The number of aliphatic hydroxyl groups excluding tert-OH is 1. The number of carbonyl (C=O) groups is 1. The summed E-state index contributed by atoms with van der Waals surface area (Å²) in [4.78, 5) is 15.8. The number of ether oxygens (including phenoxy) is 1. The molecule has 1 fully saturated rings. The number of methoxy groups -OCH3 is 1. The van der Waals surface area contributed by atoms with Gasteiger partial charge in [0.25, 0.3) is 5.91 Å². The zero-order valence-corrected chi connectivity index (χ0v) is 13.0. The van der Waals surface area contributed by atoms with Crippen molar-refractivity contribution in [2.24, 2.45) is 0 Å². The van der Waals surface area contributed by atoms with Crippen LogP contribution in [0.1, 0.15) is 22.3 Å². The van der Waals surface area contributed by atoms with Crippen LogP contribution in [0.15, 0.2) is 24.3 Å². The van der Waals surface area contributed by atoms with Gasteiger partial charge in [0, 0.05) is 45.9 Å². The number of hydrogen-bond acceptors (Lipinski definition) is 4. The summed E-state index contributed by atoms with van der Waals surface area (Å²) in [6.45, 7) is 1.67. The van der Waals surface area contributed by atoms with Gasteiger partial charge in [0.1, 0.15) is 0 Å². The Morgan fingerprint density at radius 2 is 2.24 bits per heavy atom. The van der Waals surface area contributed by atoms with Gasteiger partial charge in [-0.3, -0.25) is 9.69 Å². The predicted molar refractivity (Wildman–Crippen MR) is 81.2 cm³/mol. The van der Waals surface area contributed by atoms with Crippen LogP contribution in [0.25, 0.3) is 0 Å². The normalized spacial score (nSPS) is 22.5. The second kappa shape index (κ2) is 7.02. The van der Waals surface area contributed by atoms with E-state index in [1.807, 2.05) is 24.3 Å². The molecule has 0 aromatic heterocycles. The number of benzene rings is 1. The molecule has 1 saturated heterocycles. The lowest BCUT2D eigenvalue weighted by atomic mass is 10.1. The minimum absolute atomic E-state index is 0.00625. The highest BCUT2D eigenvalue weighted by Crippen LogP contribution is 2.22. The lowest BCUT2D eigenvalue weighted by molar-refractivity contribution is 0.0827. The van der Waals surface area contributed by atoms with Crippen LogP contribution in [0, 0.1) is 0 Å². The minimum Gasteiger partial charge on any atom is -0.395 e. The molecule has 2 atom stereocenters. The topological polar surface area (TPSA) is 53.0 Å². The van der Waals surface area contributed by atoms with Gasteiger partial charge in [-0.2, -0.15) is 0 Å². The molecule has 1 heterocycles. The van der Waals surface area contributed by atoms with Crippen molar-refractivity contribution in [1.29, 1.82) is 0 Å². The Bertz CT molecular complexity index is 490. The Hall–Kier alpha value is -1.43. The monoisotopic (exact) mass is 292 g/mol. The van der Waals surface area contributed by atoms with E-state index in [1.54, 1.807) is 26.1 Å². The molecule has 0 saturated carbocycles. The fourth-order valence-corrected chi connectivity index (χ4v) is 2.79. The van der Waals surface area contributed by atoms with Crippen LogP contribution in [0.5, 0.6) is 0 Å². The summed E-state index contributed by atoms with van der Waals surface area (Å²) >= 11 is 0. The van der Waals surface area contributed by atoms with E-state index in [2.05, 4.69) is 4.90 Å². The van der Waals surface area contributed by atoms with Crippen molar-refractivity contribution in [1.82, 2.24) is 9.80 Å². The van der Waals surface area contributed by atoms with Gasteiger partial charge in [-0.25, -0.2) is 0 Å². The van der Waals surface area contributed by atoms with Crippen molar-refractivity contribution in [3.8, 4) is 0 Å². The van der Waals surface area contributed by atoms with Gasteiger partial charge < -0.3 is 14.7 Å². The van der Waals surface area contributed by atoms with Gasteiger partial charge in [0.15, 0.2) is 0 Å². The lowest BCUT2D eigenvalue weighted by Gasteiger charge is -2.22. The number of likely N-dealkylation sites (tertiary alicyclic amines) is 1. The first-order valence-corrected chi connectivity index (χ1v) is 7.23. The average molecular weight is 292 g/mol. The van der Waals surface area contributed by atoms with Crippen molar-refractivity contribution in [2.45, 2.75) is 25.1 Å². The second-order valence-electron chi connectivity index (χ2n) is 5.76. The smallest absolute Gasteiger partial charge is 0.253 e. The molecule has 0 radical (unpaired) electrons. The Labute approximate surface area is 126 Å². The molecule has 1 N–H and O–H groups in total. The summed E-state index contributed by atoms with van der Waals surface area (Å²) in [7, 11) is 5.21. The van der Waals surface area contributed by atoms with Gasteiger partial charge >= 0.3 is 0 Å². The van der Waals surface area contributed by atoms with Crippen LogP contribution in [0.2, 0.25) is 0 Å². The largest absolute Gasteiger partial charge is 0.395 e. The van der Waals surface area contributed by atoms with Crippen LogP contribution in [-0.2, 0) is 11.3 Å². The van der Waals surface area contributed by atoms with Gasteiger partial charge in [0.05, 0.1) is 12.7 Å². The SMILES string of the molecule is CO[C@H]1C[C@@H](CO)N(Cc2cccc(C(=O)N(C)C)c2)C1. The van der Waals surface area contributed by atoms with E-state index in [4.69, 9.17) is 4.74 Å². The standard InChI is InChI=1S/C16H24N2O3/c1-17(2)16(20)13-6-4-5-12(7-13)9-18-10-15(21-3)8-14(18)11-19/h4-7,14-15,19H,8-11H2,1-3H3/t14-,15-/m0/s1. The maximum atomic E-state index is 12.0. The summed E-state index contributed by atoms with van der Waals surface area (Å²) in [5.41, 5.74) is 1.78. The molecule has 1 aliphatic heterocycles. The Kier molecular flexibility index (Phi) is 5.33. The van der Waals surface area contributed by atoms with E-state index in [0.717, 1.165) is 25.1 Å². The van der Waals surface area contributed by atoms with E-state index < -0.39 is 0 Å². The van der Waals surface area contributed by atoms with E-state index in [-0.39, 0.29) is 24.7 Å². The van der Waals surface area contributed by atoms with Crippen LogP contribution in [0.4, 0.5) is 0 Å². The van der Waals surface area contributed by atoms with Gasteiger partial charge in [-0.1, -0.05) is 12.1 Å². The van der Waals surface area contributed by atoms with Crippen LogP contribution < -0.4 is 0 Å². The molecule has 0 aliphatic carbocycles.